The molecule has 3 nitrogen and oxygen atoms in total. The van der Waals surface area contributed by atoms with Gasteiger partial charge in [-0.15, -0.1) is 0 Å². The number of benzene rings is 3. The second kappa shape index (κ2) is 10.4. The highest BCUT2D eigenvalue weighted by Crippen LogP contribution is 2.36. The van der Waals surface area contributed by atoms with Crippen LogP contribution >= 0.6 is 57.4 Å². The molecule has 0 N–H and O–H groups in total. The lowest BCUT2D eigenvalue weighted by molar-refractivity contribution is 0.282. The van der Waals surface area contributed by atoms with Gasteiger partial charge in [-0.3, -0.25) is 0 Å². The van der Waals surface area contributed by atoms with E-state index in [2.05, 4.69) is 28.7 Å². The molecule has 0 saturated carbocycles. The molecule has 0 fully saturated rings. The predicted molar refractivity (Wildman–Crippen MR) is 131 cm³/mol. The quantitative estimate of drug-likeness (QED) is 0.172. The van der Waals surface area contributed by atoms with Crippen molar-refractivity contribution in [2.45, 2.75) is 6.61 Å². The molecule has 0 amide bonds. The van der Waals surface area contributed by atoms with E-state index in [0.29, 0.717) is 32.1 Å². The summed E-state index contributed by atoms with van der Waals surface area (Å²) in [7, 11) is 1.57. The van der Waals surface area contributed by atoms with Crippen molar-refractivity contribution in [3.8, 4) is 17.6 Å². The molecule has 0 heterocycles. The molecule has 3 aromatic rings. The van der Waals surface area contributed by atoms with E-state index in [1.807, 2.05) is 30.3 Å². The molecule has 0 saturated heterocycles. The number of ether oxygens (including phenoxy) is 2. The molecule has 0 atom stereocenters. The summed E-state index contributed by atoms with van der Waals surface area (Å²) in [6.07, 6.45) is 1.80. The average molecular weight is 571 g/mol. The first-order valence-electron chi connectivity index (χ1n) is 8.73. The minimum atomic E-state index is 0.270. The van der Waals surface area contributed by atoms with Crippen LogP contribution in [0.25, 0.3) is 11.6 Å². The second-order valence-corrected chi connectivity index (χ2v) is 8.68. The second-order valence-electron chi connectivity index (χ2n) is 6.24. The number of rotatable bonds is 6. The Kier molecular flexibility index (Phi) is 7.90. The van der Waals surface area contributed by atoms with Gasteiger partial charge in [0, 0.05) is 20.6 Å². The van der Waals surface area contributed by atoms with E-state index in [0.717, 1.165) is 20.3 Å². The zero-order valence-electron chi connectivity index (χ0n) is 15.8. The first-order valence-corrected chi connectivity index (χ1v) is 10.9. The number of hydrogen-bond acceptors (Lipinski definition) is 3. The molecule has 0 aliphatic rings. The molecule has 0 aromatic heterocycles. The molecule has 0 spiro atoms. The third-order valence-electron chi connectivity index (χ3n) is 4.23. The molecule has 3 aromatic carbocycles. The van der Waals surface area contributed by atoms with Crippen LogP contribution < -0.4 is 9.47 Å². The Balaban J connectivity index is 1.89. The van der Waals surface area contributed by atoms with Gasteiger partial charge in [0.25, 0.3) is 0 Å². The number of halogens is 4. The van der Waals surface area contributed by atoms with Crippen molar-refractivity contribution in [3.05, 3.63) is 89.9 Å². The Bertz CT molecular complexity index is 1140. The third kappa shape index (κ3) is 5.61. The summed E-state index contributed by atoms with van der Waals surface area (Å²) in [5.41, 5.74) is 2.94. The van der Waals surface area contributed by atoms with Crippen LogP contribution in [0.1, 0.15) is 16.7 Å². The van der Waals surface area contributed by atoms with Crippen molar-refractivity contribution in [2.75, 3.05) is 7.11 Å². The van der Waals surface area contributed by atoms with E-state index < -0.39 is 0 Å². The molecule has 0 bridgehead atoms. The van der Waals surface area contributed by atoms with E-state index >= 15 is 0 Å². The van der Waals surface area contributed by atoms with Crippen molar-refractivity contribution in [1.82, 2.24) is 0 Å². The lowest BCUT2D eigenvalue weighted by Gasteiger charge is -2.14. The van der Waals surface area contributed by atoms with Gasteiger partial charge >= 0.3 is 0 Å². The van der Waals surface area contributed by atoms with Crippen LogP contribution in [0.4, 0.5) is 0 Å². The zero-order valence-corrected chi connectivity index (χ0v) is 20.2. The van der Waals surface area contributed by atoms with Crippen LogP contribution in [-0.2, 0) is 6.61 Å². The molecular weight excluding hydrogens is 556 g/mol. The van der Waals surface area contributed by atoms with Gasteiger partial charge in [0.15, 0.2) is 11.5 Å². The molecule has 30 heavy (non-hydrogen) atoms. The Labute approximate surface area is 203 Å². The van der Waals surface area contributed by atoms with Gasteiger partial charge in [0.05, 0.1) is 22.3 Å². The summed E-state index contributed by atoms with van der Waals surface area (Å²) in [4.78, 5) is 0. The van der Waals surface area contributed by atoms with Gasteiger partial charge in [0.1, 0.15) is 6.61 Å². The maximum Gasteiger partial charge on any atom is 0.174 e. The van der Waals surface area contributed by atoms with Gasteiger partial charge < -0.3 is 9.47 Å². The molecule has 7 heteroatoms. The maximum atomic E-state index is 9.59. The van der Waals surface area contributed by atoms with Crippen LogP contribution in [-0.4, -0.2) is 7.11 Å². The molecule has 0 aliphatic carbocycles. The summed E-state index contributed by atoms with van der Waals surface area (Å²) in [5, 5.41) is 11.3. The van der Waals surface area contributed by atoms with Gasteiger partial charge in [-0.25, -0.2) is 0 Å². The number of methoxy groups -OCH3 is 1. The van der Waals surface area contributed by atoms with E-state index in [1.54, 1.807) is 37.5 Å². The molecule has 0 unspecified atom stereocenters. The zero-order chi connectivity index (χ0) is 21.7. The highest BCUT2D eigenvalue weighted by atomic mass is 127. The van der Waals surface area contributed by atoms with Crippen molar-refractivity contribution < 1.29 is 9.47 Å². The predicted octanol–water partition coefficient (Wildman–Crippen LogP) is 7.90. The largest absolute Gasteiger partial charge is 0.493 e. The Morgan fingerprint density at radius 3 is 2.37 bits per heavy atom. The number of allylic oxidation sites excluding steroid dienone is 1. The molecule has 0 radical (unpaired) electrons. The molecule has 152 valence electrons. The minimum Gasteiger partial charge on any atom is -0.493 e. The molecular formula is C23H15Cl3INO2. The van der Waals surface area contributed by atoms with Crippen LogP contribution in [0.15, 0.2) is 54.6 Å². The lowest BCUT2D eigenvalue weighted by atomic mass is 10.0. The Morgan fingerprint density at radius 2 is 1.73 bits per heavy atom. The standard InChI is InChI=1S/C23H15Cl3INO2/c1-29-22-10-14(8-17(12-28)15-2-5-18(24)6-3-15)9-21(27)23(22)30-13-16-4-7-19(25)11-20(16)26/h2-11H,13H2,1H3. The van der Waals surface area contributed by atoms with Crippen molar-refractivity contribution >= 4 is 69.0 Å². The summed E-state index contributed by atoms with van der Waals surface area (Å²) in [6.45, 7) is 0.270. The van der Waals surface area contributed by atoms with Crippen LogP contribution in [0.5, 0.6) is 11.5 Å². The minimum absolute atomic E-state index is 0.270. The smallest absolute Gasteiger partial charge is 0.174 e. The fourth-order valence-corrected chi connectivity index (χ4v) is 4.10. The average Bonchev–Trinajstić information content (AvgIpc) is 2.72. The van der Waals surface area contributed by atoms with Crippen molar-refractivity contribution in [1.29, 1.82) is 5.26 Å². The first-order chi connectivity index (χ1) is 14.4. The van der Waals surface area contributed by atoms with Crippen molar-refractivity contribution in [3.63, 3.8) is 0 Å². The lowest BCUT2D eigenvalue weighted by Crippen LogP contribution is -2.01. The van der Waals surface area contributed by atoms with Gasteiger partial charge in [-0.05, 0) is 76.2 Å². The van der Waals surface area contributed by atoms with Gasteiger partial charge in [-0.2, -0.15) is 5.26 Å². The highest BCUT2D eigenvalue weighted by Gasteiger charge is 2.13. The number of hydrogen-bond donors (Lipinski definition) is 0. The van der Waals surface area contributed by atoms with Crippen LogP contribution in [0.3, 0.4) is 0 Å². The Hall–Kier alpha value is -1.91. The van der Waals surface area contributed by atoms with E-state index in [9.17, 15) is 5.26 Å². The summed E-state index contributed by atoms with van der Waals surface area (Å²) < 4.78 is 12.4. The highest BCUT2D eigenvalue weighted by molar-refractivity contribution is 14.1. The third-order valence-corrected chi connectivity index (χ3v) is 5.87. The number of nitrogens with zero attached hydrogens (tertiary/aromatic N) is 1. The van der Waals surface area contributed by atoms with Crippen LogP contribution in [0.2, 0.25) is 15.1 Å². The van der Waals surface area contributed by atoms with Crippen LogP contribution in [0, 0.1) is 14.9 Å². The summed E-state index contributed by atoms with van der Waals surface area (Å²) in [6, 6.07) is 18.4. The van der Waals surface area contributed by atoms with E-state index in [-0.39, 0.29) is 6.61 Å². The molecule has 3 rings (SSSR count). The van der Waals surface area contributed by atoms with Gasteiger partial charge in [0.2, 0.25) is 0 Å². The fourth-order valence-electron chi connectivity index (χ4n) is 2.73. The summed E-state index contributed by atoms with van der Waals surface area (Å²) in [5.74, 6) is 1.16. The normalized spacial score (nSPS) is 11.1. The maximum absolute atomic E-state index is 9.59. The van der Waals surface area contributed by atoms with Crippen molar-refractivity contribution in [2.24, 2.45) is 0 Å². The SMILES string of the molecule is COc1cc(C=C(C#N)c2ccc(Cl)cc2)cc(I)c1OCc1ccc(Cl)cc1Cl. The molecule has 0 aliphatic heterocycles. The fraction of sp³-hybridized carbons (Fsp3) is 0.0870. The monoisotopic (exact) mass is 569 g/mol. The first kappa shape index (κ1) is 22.8. The topological polar surface area (TPSA) is 42.2 Å². The summed E-state index contributed by atoms with van der Waals surface area (Å²) >= 11 is 20.3. The van der Waals surface area contributed by atoms with E-state index in [4.69, 9.17) is 44.3 Å². The Morgan fingerprint density at radius 1 is 1.03 bits per heavy atom. The number of nitriles is 1. The van der Waals surface area contributed by atoms with Gasteiger partial charge in [-0.1, -0.05) is 53.0 Å². The van der Waals surface area contributed by atoms with E-state index in [1.165, 1.54) is 0 Å².